The zero-order chi connectivity index (χ0) is 22.4. The van der Waals surface area contributed by atoms with Crippen LogP contribution in [-0.2, 0) is 30.5 Å². The van der Waals surface area contributed by atoms with Crippen LogP contribution in [0.3, 0.4) is 0 Å². The molecule has 4 unspecified atom stereocenters. The highest BCUT2D eigenvalue weighted by Crippen LogP contribution is 2.40. The lowest BCUT2D eigenvalue weighted by atomic mass is 9.67. The number of ether oxygens (including phenoxy) is 2. The Labute approximate surface area is 176 Å². The molecule has 5 heteroatoms. The van der Waals surface area contributed by atoms with E-state index in [2.05, 4.69) is 25.5 Å². The Morgan fingerprint density at radius 1 is 1.10 bits per heavy atom. The van der Waals surface area contributed by atoms with Crippen LogP contribution in [0.2, 0.25) is 0 Å². The Morgan fingerprint density at radius 2 is 1.69 bits per heavy atom. The van der Waals surface area contributed by atoms with Crippen LogP contribution in [0.25, 0.3) is 0 Å². The van der Waals surface area contributed by atoms with Crippen molar-refractivity contribution in [2.45, 2.75) is 74.0 Å². The predicted octanol–water partition coefficient (Wildman–Crippen LogP) is 5.21. The van der Waals surface area contributed by atoms with E-state index in [9.17, 15) is 14.4 Å². The first kappa shape index (κ1) is 26.8. The summed E-state index contributed by atoms with van der Waals surface area (Å²) in [4.78, 5) is 32.5. The number of benzene rings is 1. The molecule has 0 heterocycles. The Bertz CT molecular complexity index is 597. The molecule has 4 atom stereocenters. The van der Waals surface area contributed by atoms with Gasteiger partial charge in [-0.1, -0.05) is 65.0 Å². The molecule has 0 aliphatic heterocycles. The summed E-state index contributed by atoms with van der Waals surface area (Å²) in [5.74, 6) is 1.32. The smallest absolute Gasteiger partial charge is 0.302 e. The zero-order valence-electron chi connectivity index (χ0n) is 19.0. The molecule has 0 aromatic heterocycles. The van der Waals surface area contributed by atoms with Crippen LogP contribution in [0.4, 0.5) is 0 Å². The number of rotatable bonds is 6. The van der Waals surface area contributed by atoms with Gasteiger partial charge < -0.3 is 9.47 Å². The molecule has 29 heavy (non-hydrogen) atoms. The molecule has 0 bridgehead atoms. The van der Waals surface area contributed by atoms with Crippen molar-refractivity contribution in [1.29, 1.82) is 0 Å². The van der Waals surface area contributed by atoms with Crippen LogP contribution in [0.5, 0.6) is 0 Å². The fourth-order valence-corrected chi connectivity index (χ4v) is 3.69. The van der Waals surface area contributed by atoms with Gasteiger partial charge in [0.1, 0.15) is 18.5 Å². The van der Waals surface area contributed by atoms with Gasteiger partial charge in [-0.05, 0) is 43.1 Å². The first-order valence-corrected chi connectivity index (χ1v) is 10.5. The van der Waals surface area contributed by atoms with Crippen molar-refractivity contribution < 1.29 is 23.9 Å². The second-order valence-corrected chi connectivity index (χ2v) is 7.61. The van der Waals surface area contributed by atoms with E-state index < -0.39 is 0 Å². The van der Waals surface area contributed by atoms with E-state index in [1.54, 1.807) is 6.92 Å². The third kappa shape index (κ3) is 10.2. The second-order valence-electron chi connectivity index (χ2n) is 7.61. The average molecular weight is 407 g/mol. The highest BCUT2D eigenvalue weighted by atomic mass is 16.5. The van der Waals surface area contributed by atoms with Crippen molar-refractivity contribution in [2.24, 2.45) is 23.7 Å². The van der Waals surface area contributed by atoms with Gasteiger partial charge in [0.15, 0.2) is 0 Å². The molecule has 1 aliphatic rings. The summed E-state index contributed by atoms with van der Waals surface area (Å²) in [5.41, 5.74) is 1.01. The largest absolute Gasteiger partial charge is 0.463 e. The summed E-state index contributed by atoms with van der Waals surface area (Å²) in [5, 5.41) is 0. The average Bonchev–Trinajstić information content (AvgIpc) is 2.70. The maximum absolute atomic E-state index is 11.7. The lowest BCUT2D eigenvalue weighted by Crippen LogP contribution is -2.41. The molecular weight excluding hydrogens is 368 g/mol. The number of esters is 1. The van der Waals surface area contributed by atoms with Crippen LogP contribution in [0.15, 0.2) is 30.3 Å². The van der Waals surface area contributed by atoms with E-state index in [4.69, 9.17) is 4.74 Å². The molecule has 0 saturated heterocycles. The van der Waals surface area contributed by atoms with Crippen LogP contribution < -0.4 is 0 Å². The third-order valence-corrected chi connectivity index (χ3v) is 5.14. The second kappa shape index (κ2) is 14.8. The fraction of sp³-hybridized carbons (Fsp3) is 0.625. The lowest BCUT2D eigenvalue weighted by molar-refractivity contribution is -0.155. The molecule has 0 N–H and O–H groups in total. The van der Waals surface area contributed by atoms with Gasteiger partial charge in [-0.3, -0.25) is 14.4 Å². The standard InChI is InChI=1S/C14H24O3.C8H8O2.C2H6/c1-8(2)12-6-9(3)14(17-11(5)16)7-13(12)10(4)15;9-7-10-6-8-4-2-1-3-5-8;1-2/h8-9,12-14H,6-7H2,1-5H3;1-5,7H,6H2;1-2H3. The van der Waals surface area contributed by atoms with Crippen molar-refractivity contribution in [1.82, 2.24) is 0 Å². The number of Topliss-reactive ketones (excluding diaryl/α,β-unsaturated/α-hetero) is 1. The van der Waals surface area contributed by atoms with Gasteiger partial charge in [0.25, 0.3) is 6.47 Å². The highest BCUT2D eigenvalue weighted by Gasteiger charge is 2.39. The number of carbonyl (C=O) groups excluding carboxylic acids is 3. The first-order valence-electron chi connectivity index (χ1n) is 10.5. The molecule has 164 valence electrons. The Morgan fingerprint density at radius 3 is 2.14 bits per heavy atom. The van der Waals surface area contributed by atoms with Gasteiger partial charge in [-0.15, -0.1) is 0 Å². The van der Waals surface area contributed by atoms with Gasteiger partial charge in [0.05, 0.1) is 0 Å². The predicted molar refractivity (Wildman–Crippen MR) is 115 cm³/mol. The fourth-order valence-electron chi connectivity index (χ4n) is 3.69. The van der Waals surface area contributed by atoms with Crippen molar-refractivity contribution in [3.8, 4) is 0 Å². The lowest BCUT2D eigenvalue weighted by Gasteiger charge is -2.40. The molecule has 1 saturated carbocycles. The summed E-state index contributed by atoms with van der Waals surface area (Å²) < 4.78 is 9.86. The van der Waals surface area contributed by atoms with Crippen LogP contribution >= 0.6 is 0 Å². The molecule has 2 rings (SSSR count). The molecule has 0 spiro atoms. The monoisotopic (exact) mass is 406 g/mol. The van der Waals surface area contributed by atoms with Crippen LogP contribution in [0.1, 0.15) is 66.9 Å². The van der Waals surface area contributed by atoms with Gasteiger partial charge in [0, 0.05) is 12.8 Å². The summed E-state index contributed by atoms with van der Waals surface area (Å²) in [6, 6.07) is 9.55. The van der Waals surface area contributed by atoms with Crippen molar-refractivity contribution in [2.75, 3.05) is 0 Å². The van der Waals surface area contributed by atoms with E-state index in [0.29, 0.717) is 37.3 Å². The minimum absolute atomic E-state index is 0.0514. The molecule has 5 nitrogen and oxygen atoms in total. The van der Waals surface area contributed by atoms with Gasteiger partial charge in [-0.2, -0.15) is 0 Å². The Balaban J connectivity index is 0.000000554. The third-order valence-electron chi connectivity index (χ3n) is 5.14. The maximum Gasteiger partial charge on any atom is 0.302 e. The van der Waals surface area contributed by atoms with Gasteiger partial charge >= 0.3 is 5.97 Å². The highest BCUT2D eigenvalue weighted by molar-refractivity contribution is 5.79. The number of ketones is 1. The van der Waals surface area contributed by atoms with E-state index in [1.165, 1.54) is 6.92 Å². The molecule has 1 fully saturated rings. The topological polar surface area (TPSA) is 69.7 Å². The number of hydrogen-bond donors (Lipinski definition) is 0. The zero-order valence-corrected chi connectivity index (χ0v) is 19.0. The van der Waals surface area contributed by atoms with Crippen molar-refractivity contribution in [3.05, 3.63) is 35.9 Å². The summed E-state index contributed by atoms with van der Waals surface area (Å²) in [6.45, 7) is 14.3. The van der Waals surface area contributed by atoms with Crippen molar-refractivity contribution in [3.63, 3.8) is 0 Å². The summed E-state index contributed by atoms with van der Waals surface area (Å²) in [7, 11) is 0. The summed E-state index contributed by atoms with van der Waals surface area (Å²) >= 11 is 0. The van der Waals surface area contributed by atoms with E-state index in [-0.39, 0.29) is 23.8 Å². The maximum atomic E-state index is 11.7. The Hall–Kier alpha value is -2.17. The number of carbonyl (C=O) groups is 3. The SMILES string of the molecule is CC.CC(=O)OC1CC(C(C)=O)C(C(C)C)CC1C.O=COCc1ccccc1. The quantitative estimate of drug-likeness (QED) is 0.479. The molecule has 0 amide bonds. The van der Waals surface area contributed by atoms with E-state index >= 15 is 0 Å². The minimum atomic E-state index is -0.243. The molecule has 1 aliphatic carbocycles. The minimum Gasteiger partial charge on any atom is -0.463 e. The molecular formula is C24H38O5. The van der Waals surface area contributed by atoms with E-state index in [0.717, 1.165) is 12.0 Å². The van der Waals surface area contributed by atoms with Crippen LogP contribution in [0, 0.1) is 23.7 Å². The van der Waals surface area contributed by atoms with E-state index in [1.807, 2.05) is 44.2 Å². The Kier molecular flexibility index (Phi) is 13.7. The van der Waals surface area contributed by atoms with Gasteiger partial charge in [-0.25, -0.2) is 0 Å². The summed E-state index contributed by atoms with van der Waals surface area (Å²) in [6.07, 6.45) is 1.58. The molecule has 0 radical (unpaired) electrons. The van der Waals surface area contributed by atoms with Gasteiger partial charge in [0.2, 0.25) is 0 Å². The first-order chi connectivity index (χ1) is 13.8. The molecule has 1 aromatic rings. The normalized spacial score (nSPS) is 22.9. The molecule has 1 aromatic carbocycles. The van der Waals surface area contributed by atoms with Crippen LogP contribution in [-0.4, -0.2) is 24.3 Å². The number of hydrogen-bond acceptors (Lipinski definition) is 5. The van der Waals surface area contributed by atoms with Crippen molar-refractivity contribution >= 4 is 18.2 Å².